The van der Waals surface area contributed by atoms with Crippen LogP contribution in [-0.2, 0) is 40.5 Å². The molecular weight excluding hydrogens is 709 g/mol. The number of phenolic OH excluding ortho intramolecular Hbond substituents is 1. The number of fused-ring (bicyclic) bond motifs is 1. The minimum atomic E-state index is -5.10. The molecule has 4 aromatic carbocycles. The Hall–Kier alpha value is -4.42. The molecule has 5 N–H and O–H groups in total. The quantitative estimate of drug-likeness (QED) is 0.112. The van der Waals surface area contributed by atoms with Crippen molar-refractivity contribution < 1.29 is 61.7 Å². The second-order valence-corrected chi connectivity index (χ2v) is 15.3. The average molecular weight is 731 g/mol. The molecule has 4 rings (SSSR count). The molecule has 0 saturated carbocycles. The number of nitrogens with zero attached hydrogens (tertiary/aromatic N) is 4. The van der Waals surface area contributed by atoms with Crippen molar-refractivity contribution in [2.45, 2.75) is 33.4 Å². The number of methoxy groups -OCH3 is 1. The van der Waals surface area contributed by atoms with Crippen molar-refractivity contribution in [3.63, 3.8) is 0 Å². The first-order valence-electron chi connectivity index (χ1n) is 12.4. The fourth-order valence-corrected chi connectivity index (χ4v) is 6.65. The molecule has 47 heavy (non-hydrogen) atoms. The van der Waals surface area contributed by atoms with E-state index in [1.807, 2.05) is 0 Å². The molecule has 0 atom stereocenters. The van der Waals surface area contributed by atoms with Gasteiger partial charge in [-0.1, -0.05) is 0 Å². The van der Waals surface area contributed by atoms with Crippen molar-refractivity contribution in [3.05, 3.63) is 59.7 Å². The van der Waals surface area contributed by atoms with E-state index in [1.165, 1.54) is 33.1 Å². The van der Waals surface area contributed by atoms with Gasteiger partial charge in [-0.05, 0) is 72.8 Å². The summed E-state index contributed by atoms with van der Waals surface area (Å²) in [6.07, 6.45) is 0. The Morgan fingerprint density at radius 3 is 1.70 bits per heavy atom. The Labute approximate surface area is 267 Å². The SMILES string of the molecule is COc1cc(N=Nc2cc(S(=O)(=O)O)ccc2S(=O)(=O)O)c(C)cc1N=Nc1c(S(=O)(=O)O)cc2cc(S(=O)(=O)O)cc(C)c2c1O. The van der Waals surface area contributed by atoms with Gasteiger partial charge in [0.05, 0.1) is 22.6 Å². The van der Waals surface area contributed by atoms with E-state index in [4.69, 9.17) is 4.74 Å². The van der Waals surface area contributed by atoms with E-state index < -0.39 is 77.2 Å². The number of rotatable bonds is 9. The van der Waals surface area contributed by atoms with Gasteiger partial charge in [0.1, 0.15) is 32.6 Å². The highest BCUT2D eigenvalue weighted by Gasteiger charge is 2.25. The van der Waals surface area contributed by atoms with Crippen LogP contribution in [0.5, 0.6) is 11.5 Å². The maximum atomic E-state index is 12.2. The second kappa shape index (κ2) is 12.3. The lowest BCUT2D eigenvalue weighted by molar-refractivity contribution is 0.416. The molecule has 0 fully saturated rings. The number of phenols is 1. The zero-order chi connectivity index (χ0) is 35.3. The number of benzene rings is 4. The highest BCUT2D eigenvalue weighted by Crippen LogP contribution is 2.44. The van der Waals surface area contributed by atoms with E-state index in [-0.39, 0.29) is 39.0 Å². The monoisotopic (exact) mass is 730 g/mol. The fourth-order valence-electron chi connectivity index (χ4n) is 4.28. The zero-order valence-corrected chi connectivity index (χ0v) is 27.2. The summed E-state index contributed by atoms with van der Waals surface area (Å²) in [5.74, 6) is -0.890. The summed E-state index contributed by atoms with van der Waals surface area (Å²) in [6.45, 7) is 2.83. The summed E-state index contributed by atoms with van der Waals surface area (Å²) in [7, 11) is -18.3. The van der Waals surface area contributed by atoms with Gasteiger partial charge in [-0.2, -0.15) is 38.8 Å². The van der Waals surface area contributed by atoms with Crippen LogP contribution >= 0.6 is 0 Å². The van der Waals surface area contributed by atoms with Crippen LogP contribution in [0.1, 0.15) is 11.1 Å². The van der Waals surface area contributed by atoms with Crippen molar-refractivity contribution in [2.75, 3.05) is 7.11 Å². The molecule has 0 radical (unpaired) electrons. The van der Waals surface area contributed by atoms with Gasteiger partial charge in [-0.3, -0.25) is 18.2 Å². The topological polar surface area (TPSA) is 296 Å². The predicted molar refractivity (Wildman–Crippen MR) is 162 cm³/mol. The molecule has 18 nitrogen and oxygen atoms in total. The predicted octanol–water partition coefficient (Wildman–Crippen LogP) is 4.99. The Morgan fingerprint density at radius 2 is 1.15 bits per heavy atom. The molecule has 0 saturated heterocycles. The minimum Gasteiger partial charge on any atom is -0.505 e. The van der Waals surface area contributed by atoms with Gasteiger partial charge >= 0.3 is 0 Å². The molecule has 0 heterocycles. The minimum absolute atomic E-state index is 0.00297. The van der Waals surface area contributed by atoms with E-state index in [1.54, 1.807) is 0 Å². The van der Waals surface area contributed by atoms with Crippen LogP contribution in [0, 0.1) is 13.8 Å². The van der Waals surface area contributed by atoms with Crippen LogP contribution in [0.25, 0.3) is 10.8 Å². The van der Waals surface area contributed by atoms with Crippen LogP contribution < -0.4 is 4.74 Å². The van der Waals surface area contributed by atoms with Crippen molar-refractivity contribution in [2.24, 2.45) is 20.5 Å². The van der Waals surface area contributed by atoms with Gasteiger partial charge in [0.2, 0.25) is 0 Å². The van der Waals surface area contributed by atoms with E-state index in [9.17, 15) is 57.0 Å². The molecule has 250 valence electrons. The molecule has 0 aliphatic heterocycles. The van der Waals surface area contributed by atoms with Gasteiger partial charge in [-0.15, -0.1) is 15.3 Å². The number of aryl methyl sites for hydroxylation is 2. The van der Waals surface area contributed by atoms with Crippen molar-refractivity contribution in [1.29, 1.82) is 0 Å². The maximum absolute atomic E-state index is 12.2. The summed E-state index contributed by atoms with van der Waals surface area (Å²) in [6, 6.07) is 7.32. The van der Waals surface area contributed by atoms with E-state index >= 15 is 0 Å². The molecule has 0 aliphatic rings. The number of aromatic hydroxyl groups is 1. The summed E-state index contributed by atoms with van der Waals surface area (Å²) in [5, 5.41) is 26.1. The number of azo groups is 2. The maximum Gasteiger partial charge on any atom is 0.296 e. The highest BCUT2D eigenvalue weighted by atomic mass is 32.2. The third kappa shape index (κ3) is 7.60. The molecule has 0 unspecified atom stereocenters. The molecule has 0 aromatic heterocycles. The van der Waals surface area contributed by atoms with Gasteiger partial charge in [-0.25, -0.2) is 0 Å². The van der Waals surface area contributed by atoms with Crippen LogP contribution in [0.4, 0.5) is 22.7 Å². The first kappa shape index (κ1) is 35.4. The average Bonchev–Trinajstić information content (AvgIpc) is 2.93. The Balaban J connectivity index is 1.85. The first-order chi connectivity index (χ1) is 21.5. The summed E-state index contributed by atoms with van der Waals surface area (Å²) >= 11 is 0. The second-order valence-electron chi connectivity index (χ2n) is 9.65. The van der Waals surface area contributed by atoms with E-state index in [0.29, 0.717) is 12.1 Å². The summed E-state index contributed by atoms with van der Waals surface area (Å²) < 4.78 is 138. The van der Waals surface area contributed by atoms with Gasteiger partial charge in [0, 0.05) is 11.5 Å². The van der Waals surface area contributed by atoms with Gasteiger partial charge in [0.15, 0.2) is 5.75 Å². The van der Waals surface area contributed by atoms with Crippen molar-refractivity contribution in [1.82, 2.24) is 0 Å². The van der Waals surface area contributed by atoms with Crippen LogP contribution in [-0.4, -0.2) is 64.1 Å². The molecule has 4 aromatic rings. The first-order valence-corrected chi connectivity index (χ1v) is 18.1. The molecule has 0 bridgehead atoms. The van der Waals surface area contributed by atoms with E-state index in [2.05, 4.69) is 20.5 Å². The van der Waals surface area contributed by atoms with Crippen molar-refractivity contribution in [3.8, 4) is 11.5 Å². The normalized spacial score (nSPS) is 13.2. The smallest absolute Gasteiger partial charge is 0.296 e. The largest absolute Gasteiger partial charge is 0.505 e. The fraction of sp³-hybridized carbons (Fsp3) is 0.120. The molecule has 0 aliphatic carbocycles. The number of hydrogen-bond donors (Lipinski definition) is 5. The summed E-state index contributed by atoms with van der Waals surface area (Å²) in [5.41, 5.74) is -1.12. The van der Waals surface area contributed by atoms with Gasteiger partial charge < -0.3 is 9.84 Å². The Bertz CT molecular complexity index is 2480. The van der Waals surface area contributed by atoms with Gasteiger partial charge in [0.25, 0.3) is 40.5 Å². The lowest BCUT2D eigenvalue weighted by atomic mass is 10.0. The Kier molecular flexibility index (Phi) is 9.28. The Morgan fingerprint density at radius 1 is 0.574 bits per heavy atom. The van der Waals surface area contributed by atoms with Crippen LogP contribution in [0.2, 0.25) is 0 Å². The molecule has 22 heteroatoms. The lowest BCUT2D eigenvalue weighted by Crippen LogP contribution is -2.02. The lowest BCUT2D eigenvalue weighted by Gasteiger charge is -2.12. The van der Waals surface area contributed by atoms with Crippen molar-refractivity contribution >= 4 is 74.0 Å². The third-order valence-corrected chi connectivity index (χ3v) is 9.87. The molecule has 0 spiro atoms. The zero-order valence-electron chi connectivity index (χ0n) is 24.0. The van der Waals surface area contributed by atoms with E-state index in [0.717, 1.165) is 24.3 Å². The number of hydrogen-bond acceptors (Lipinski definition) is 14. The van der Waals surface area contributed by atoms with Crippen LogP contribution in [0.3, 0.4) is 0 Å². The molecular formula is C25H22N4O14S4. The highest BCUT2D eigenvalue weighted by molar-refractivity contribution is 7.86. The van der Waals surface area contributed by atoms with Crippen LogP contribution in [0.15, 0.2) is 88.6 Å². The standard InChI is InChI=1S/C25H22N4O14S4/c1-12-7-18(20(43-3)11-17(12)26-28-19-10-15(44(31,32)33)4-5-21(19)46(37,38)39)27-29-24-22(47(40,41)42)9-14-8-16(45(34,35)36)6-13(2)23(14)25(24)30/h4-11,30H,1-3H3,(H,31,32,33)(H,34,35,36)(H,37,38,39)(H,40,41,42). The summed E-state index contributed by atoms with van der Waals surface area (Å²) in [4.78, 5) is -3.12. The third-order valence-electron chi connectivity index (χ3n) is 6.42. The number of ether oxygens (including phenoxy) is 1. The molecule has 0 amide bonds.